The topological polar surface area (TPSA) is 109 Å². The van der Waals surface area contributed by atoms with Crippen LogP contribution in [-0.4, -0.2) is 50.2 Å². The van der Waals surface area contributed by atoms with Crippen LogP contribution in [0.15, 0.2) is 12.1 Å². The van der Waals surface area contributed by atoms with Gasteiger partial charge in [-0.2, -0.15) is 18.4 Å². The van der Waals surface area contributed by atoms with Crippen LogP contribution in [0.5, 0.6) is 0 Å². The van der Waals surface area contributed by atoms with E-state index in [9.17, 15) is 26.4 Å². The summed E-state index contributed by atoms with van der Waals surface area (Å²) in [5.74, 6) is -4.13. The SMILES string of the molecule is CCS(=O)(=O)N[C@H]1C[C@@]2(C)O[C@@]13CCO[C@H]1[C@@H]3[C@@H]2C(=O)N1c1ccc(C#N)c(C(F)(F)F)c1F. The Labute approximate surface area is 192 Å². The molecule has 4 aliphatic heterocycles. The van der Waals surface area contributed by atoms with Crippen LogP contribution in [0, 0.1) is 29.0 Å². The fraction of sp³-hybridized carbons (Fsp3) is 0.619. The normalized spacial score (nSPS) is 36.6. The van der Waals surface area contributed by atoms with Crippen LogP contribution in [0.4, 0.5) is 23.2 Å². The molecular formula is C21H21F4N3O5S. The first-order valence-corrected chi connectivity index (χ1v) is 12.4. The Balaban J connectivity index is 1.61. The van der Waals surface area contributed by atoms with E-state index in [4.69, 9.17) is 14.7 Å². The molecule has 1 aromatic rings. The molecule has 0 aromatic heterocycles. The summed E-state index contributed by atoms with van der Waals surface area (Å²) in [4.78, 5) is 14.4. The molecule has 5 rings (SSSR count). The number of nitriles is 1. The van der Waals surface area contributed by atoms with Crippen molar-refractivity contribution in [2.75, 3.05) is 17.3 Å². The first-order valence-electron chi connectivity index (χ1n) is 10.7. The van der Waals surface area contributed by atoms with E-state index in [-0.39, 0.29) is 25.2 Å². The smallest absolute Gasteiger partial charge is 0.366 e. The second kappa shape index (κ2) is 7.13. The standard InChI is InChI=1S/C21H21F4N3O5S/c1-3-34(30,31)27-12-8-19(2)14-15-18(32-7-6-20(12,15)33-19)28(17(14)29)11-5-4-10(9-26)13(16(11)22)21(23,24)25/h4-5,12,14-15,18,27H,3,6-8H2,1-2H3/t12-,14+,15-,18-,19+,20-/m0/s1. The summed E-state index contributed by atoms with van der Waals surface area (Å²) in [6.07, 6.45) is -5.85. The van der Waals surface area contributed by atoms with Crippen molar-refractivity contribution in [3.8, 4) is 6.07 Å². The Morgan fingerprint density at radius 3 is 2.68 bits per heavy atom. The van der Waals surface area contributed by atoms with Gasteiger partial charge in [0.15, 0.2) is 5.82 Å². The molecular weight excluding hydrogens is 482 g/mol. The number of rotatable bonds is 4. The number of benzene rings is 1. The minimum absolute atomic E-state index is 0.0299. The molecule has 8 nitrogen and oxygen atoms in total. The Morgan fingerprint density at radius 1 is 1.35 bits per heavy atom. The number of anilines is 1. The molecule has 0 radical (unpaired) electrons. The summed E-state index contributed by atoms with van der Waals surface area (Å²) in [5.41, 5.74) is -5.51. The zero-order valence-electron chi connectivity index (χ0n) is 18.1. The number of fused-ring (bicyclic) bond motifs is 2. The number of ether oxygens (including phenoxy) is 2. The van der Waals surface area contributed by atoms with Crippen LogP contribution in [0.25, 0.3) is 0 Å². The molecule has 1 spiro atoms. The third-order valence-corrected chi connectivity index (χ3v) is 8.94. The molecule has 2 bridgehead atoms. The number of halogens is 4. The summed E-state index contributed by atoms with van der Waals surface area (Å²) in [7, 11) is -3.62. The zero-order valence-corrected chi connectivity index (χ0v) is 19.0. The molecule has 6 atom stereocenters. The molecule has 0 aliphatic carbocycles. The lowest BCUT2D eigenvalue weighted by Gasteiger charge is -2.45. The second-order valence-electron chi connectivity index (χ2n) is 9.30. The quantitative estimate of drug-likeness (QED) is 0.632. The average Bonchev–Trinajstić information content (AvgIpc) is 3.30. The van der Waals surface area contributed by atoms with Crippen molar-refractivity contribution in [1.29, 1.82) is 5.26 Å². The first-order chi connectivity index (χ1) is 15.8. The molecule has 1 N–H and O–H groups in total. The maximum absolute atomic E-state index is 15.2. The predicted molar refractivity (Wildman–Crippen MR) is 108 cm³/mol. The summed E-state index contributed by atoms with van der Waals surface area (Å²) in [6.45, 7) is 3.17. The summed E-state index contributed by atoms with van der Waals surface area (Å²) < 4.78 is 95.3. The van der Waals surface area contributed by atoms with E-state index in [2.05, 4.69) is 4.72 Å². The highest BCUT2D eigenvalue weighted by Gasteiger charge is 2.78. The van der Waals surface area contributed by atoms with Crippen LogP contribution < -0.4 is 9.62 Å². The largest absolute Gasteiger partial charge is 0.420 e. The van der Waals surface area contributed by atoms with Gasteiger partial charge >= 0.3 is 6.18 Å². The fourth-order valence-electron chi connectivity index (χ4n) is 6.26. The third kappa shape index (κ3) is 2.98. The molecule has 1 aromatic carbocycles. The average molecular weight is 503 g/mol. The number of hydrogen-bond donors (Lipinski definition) is 1. The van der Waals surface area contributed by atoms with Crippen molar-refractivity contribution in [2.24, 2.45) is 11.8 Å². The maximum Gasteiger partial charge on any atom is 0.420 e. The minimum atomic E-state index is -5.16. The molecule has 184 valence electrons. The Bertz CT molecular complexity index is 1230. The van der Waals surface area contributed by atoms with Crippen molar-refractivity contribution in [3.05, 3.63) is 29.1 Å². The van der Waals surface area contributed by atoms with E-state index in [1.54, 1.807) is 6.92 Å². The number of nitrogens with one attached hydrogen (secondary N) is 1. The molecule has 34 heavy (non-hydrogen) atoms. The number of carbonyl (C=O) groups excluding carboxylic acids is 1. The highest BCUT2D eigenvalue weighted by Crippen LogP contribution is 2.65. The van der Waals surface area contributed by atoms with Crippen molar-refractivity contribution < 1.29 is 40.2 Å². The van der Waals surface area contributed by atoms with Gasteiger partial charge in [-0.05, 0) is 32.4 Å². The van der Waals surface area contributed by atoms with Crippen LogP contribution in [0.2, 0.25) is 0 Å². The number of nitrogens with zero attached hydrogens (tertiary/aromatic N) is 2. The van der Waals surface area contributed by atoms with E-state index in [1.807, 2.05) is 0 Å². The molecule has 13 heteroatoms. The third-order valence-electron chi connectivity index (χ3n) is 7.54. The predicted octanol–water partition coefficient (Wildman–Crippen LogP) is 2.28. The van der Waals surface area contributed by atoms with Gasteiger partial charge in [-0.15, -0.1) is 0 Å². The lowest BCUT2D eigenvalue weighted by atomic mass is 9.64. The summed E-state index contributed by atoms with van der Waals surface area (Å²) >= 11 is 0. The van der Waals surface area contributed by atoms with Gasteiger partial charge in [0.25, 0.3) is 0 Å². The van der Waals surface area contributed by atoms with E-state index < -0.39 is 80.0 Å². The zero-order chi connectivity index (χ0) is 24.8. The molecule has 0 saturated carbocycles. The van der Waals surface area contributed by atoms with Gasteiger partial charge in [0.1, 0.15) is 11.8 Å². The van der Waals surface area contributed by atoms with Gasteiger partial charge in [-0.1, -0.05) is 0 Å². The van der Waals surface area contributed by atoms with E-state index in [0.29, 0.717) is 0 Å². The molecule has 4 fully saturated rings. The van der Waals surface area contributed by atoms with E-state index in [0.717, 1.165) is 17.0 Å². The fourth-order valence-corrected chi connectivity index (χ4v) is 7.15. The van der Waals surface area contributed by atoms with Crippen molar-refractivity contribution in [2.45, 2.75) is 56.3 Å². The van der Waals surface area contributed by atoms with Crippen molar-refractivity contribution >= 4 is 21.6 Å². The summed E-state index contributed by atoms with van der Waals surface area (Å²) in [6, 6.07) is 2.46. The lowest BCUT2D eigenvalue weighted by Crippen LogP contribution is -2.61. The number of sulfonamides is 1. The van der Waals surface area contributed by atoms with Gasteiger partial charge in [-0.3, -0.25) is 9.69 Å². The number of hydrogen-bond acceptors (Lipinski definition) is 6. The highest BCUT2D eigenvalue weighted by molar-refractivity contribution is 7.89. The van der Waals surface area contributed by atoms with Crippen LogP contribution >= 0.6 is 0 Å². The van der Waals surface area contributed by atoms with Gasteiger partial charge in [0.05, 0.1) is 52.8 Å². The van der Waals surface area contributed by atoms with Gasteiger partial charge in [-0.25, -0.2) is 17.5 Å². The van der Waals surface area contributed by atoms with Crippen LogP contribution in [0.3, 0.4) is 0 Å². The van der Waals surface area contributed by atoms with Gasteiger partial charge < -0.3 is 9.47 Å². The van der Waals surface area contributed by atoms with Gasteiger partial charge in [0.2, 0.25) is 15.9 Å². The van der Waals surface area contributed by atoms with E-state index >= 15 is 4.39 Å². The molecule has 1 amide bonds. The Hall–Kier alpha value is -2.27. The van der Waals surface area contributed by atoms with Crippen molar-refractivity contribution in [3.63, 3.8) is 0 Å². The highest BCUT2D eigenvalue weighted by atomic mass is 32.2. The Morgan fingerprint density at radius 2 is 2.06 bits per heavy atom. The van der Waals surface area contributed by atoms with Gasteiger partial charge in [0, 0.05) is 12.3 Å². The lowest BCUT2D eigenvalue weighted by molar-refractivity contribution is -0.144. The Kier molecular flexibility index (Phi) is 4.92. The monoisotopic (exact) mass is 503 g/mol. The summed E-state index contributed by atoms with van der Waals surface area (Å²) in [5, 5.41) is 9.05. The maximum atomic E-state index is 15.2. The molecule has 4 heterocycles. The molecule has 4 aliphatic rings. The number of carbonyl (C=O) groups is 1. The van der Waals surface area contributed by atoms with Crippen molar-refractivity contribution in [1.82, 2.24) is 4.72 Å². The molecule has 0 unspecified atom stereocenters. The van der Waals surface area contributed by atoms with Crippen LogP contribution in [-0.2, 0) is 30.5 Å². The first kappa shape index (κ1) is 23.5. The number of amides is 1. The second-order valence-corrected chi connectivity index (χ2v) is 11.3. The number of alkyl halides is 3. The minimum Gasteiger partial charge on any atom is -0.366 e. The molecule has 4 saturated heterocycles. The van der Waals surface area contributed by atoms with E-state index in [1.165, 1.54) is 13.0 Å². The van der Waals surface area contributed by atoms with Crippen LogP contribution in [0.1, 0.15) is 37.8 Å².